The first-order valence-electron chi connectivity index (χ1n) is 4.82. The van der Waals surface area contributed by atoms with Crippen LogP contribution in [0, 0.1) is 0 Å². The molecule has 0 N–H and O–H groups in total. The first-order valence-corrected chi connectivity index (χ1v) is 6.80. The van der Waals surface area contributed by atoms with Gasteiger partial charge in [0.2, 0.25) is 5.78 Å². The number of ketones is 1. The lowest BCUT2D eigenvalue weighted by Crippen LogP contribution is -2.03. The molecule has 2 rings (SSSR count). The van der Waals surface area contributed by atoms with E-state index >= 15 is 0 Å². The van der Waals surface area contributed by atoms with Crippen LogP contribution in [0.15, 0.2) is 28.9 Å². The van der Waals surface area contributed by atoms with E-state index in [1.54, 1.807) is 6.07 Å². The van der Waals surface area contributed by atoms with Crippen LogP contribution >= 0.6 is 38.9 Å². The maximum absolute atomic E-state index is 12.4. The average Bonchev–Trinajstić information content (AvgIpc) is 2.76. The number of benzene rings is 1. The zero-order valence-corrected chi connectivity index (χ0v) is 12.1. The van der Waals surface area contributed by atoms with Gasteiger partial charge < -0.3 is 0 Å². The number of nitrogens with zero attached hydrogens (tertiary/aromatic N) is 1. The molecule has 0 saturated heterocycles. The van der Waals surface area contributed by atoms with Gasteiger partial charge in [-0.05, 0) is 18.2 Å². The Morgan fingerprint density at radius 3 is 2.58 bits per heavy atom. The Kier molecular flexibility index (Phi) is 3.98. The van der Waals surface area contributed by atoms with Crippen LogP contribution in [0.3, 0.4) is 0 Å². The van der Waals surface area contributed by atoms with Gasteiger partial charge in [0.15, 0.2) is 5.01 Å². The van der Waals surface area contributed by atoms with E-state index in [1.807, 2.05) is 0 Å². The van der Waals surface area contributed by atoms with Crippen LogP contribution in [-0.2, 0) is 6.18 Å². The third-order valence-electron chi connectivity index (χ3n) is 2.15. The Labute approximate surface area is 123 Å². The molecule has 100 valence electrons. The van der Waals surface area contributed by atoms with Crippen molar-refractivity contribution < 1.29 is 18.0 Å². The Morgan fingerprint density at radius 1 is 1.37 bits per heavy atom. The summed E-state index contributed by atoms with van der Waals surface area (Å²) in [5, 5.41) is -0.884. The third kappa shape index (κ3) is 3.16. The summed E-state index contributed by atoms with van der Waals surface area (Å²) >= 11 is 9.36. The van der Waals surface area contributed by atoms with Gasteiger partial charge in [0.1, 0.15) is 0 Å². The molecule has 0 aliphatic carbocycles. The molecule has 0 saturated carbocycles. The van der Waals surface area contributed by atoms with E-state index in [4.69, 9.17) is 11.6 Å². The second kappa shape index (κ2) is 5.22. The monoisotopic (exact) mass is 369 g/mol. The number of aromatic nitrogens is 1. The van der Waals surface area contributed by atoms with Crippen LogP contribution < -0.4 is 0 Å². The summed E-state index contributed by atoms with van der Waals surface area (Å²) in [6, 6.07) is 4.53. The Hall–Kier alpha value is -0.920. The van der Waals surface area contributed by atoms with Crippen molar-refractivity contribution in [2.45, 2.75) is 6.18 Å². The quantitative estimate of drug-likeness (QED) is 0.710. The normalized spacial score (nSPS) is 11.6. The molecule has 0 atom stereocenters. The maximum Gasteiger partial charge on any atom is 0.443 e. The minimum Gasteiger partial charge on any atom is -0.288 e. The van der Waals surface area contributed by atoms with Gasteiger partial charge >= 0.3 is 6.18 Å². The zero-order chi connectivity index (χ0) is 14.2. The molecular formula is C11H4BrClF3NOS. The van der Waals surface area contributed by atoms with Crippen molar-refractivity contribution in [2.75, 3.05) is 0 Å². The fourth-order valence-corrected chi connectivity index (χ4v) is 2.81. The van der Waals surface area contributed by atoms with E-state index in [9.17, 15) is 18.0 Å². The Bertz CT molecular complexity index is 641. The number of alkyl halides is 3. The Balaban J connectivity index is 2.37. The van der Waals surface area contributed by atoms with Crippen LogP contribution in [0.25, 0.3) is 0 Å². The SMILES string of the molecule is O=C(c1cnc(C(F)(F)F)s1)c1ccc(Br)cc1Cl. The van der Waals surface area contributed by atoms with Gasteiger partial charge in [-0.15, -0.1) is 11.3 Å². The number of thiazole rings is 1. The molecule has 0 radical (unpaired) electrons. The van der Waals surface area contributed by atoms with Gasteiger partial charge in [-0.1, -0.05) is 27.5 Å². The molecule has 1 aromatic heterocycles. The summed E-state index contributed by atoms with van der Waals surface area (Å²) in [6.45, 7) is 0. The highest BCUT2D eigenvalue weighted by Crippen LogP contribution is 2.34. The molecule has 1 aromatic carbocycles. The lowest BCUT2D eigenvalue weighted by atomic mass is 10.1. The largest absolute Gasteiger partial charge is 0.443 e. The van der Waals surface area contributed by atoms with Crippen LogP contribution in [-0.4, -0.2) is 10.8 Å². The van der Waals surface area contributed by atoms with E-state index < -0.39 is 17.0 Å². The van der Waals surface area contributed by atoms with Crippen molar-refractivity contribution in [3.05, 3.63) is 49.3 Å². The van der Waals surface area contributed by atoms with Gasteiger partial charge in [0, 0.05) is 16.2 Å². The van der Waals surface area contributed by atoms with Gasteiger partial charge in [0.25, 0.3) is 0 Å². The minimum atomic E-state index is -4.55. The highest BCUT2D eigenvalue weighted by atomic mass is 79.9. The zero-order valence-electron chi connectivity index (χ0n) is 8.96. The van der Waals surface area contributed by atoms with E-state index in [-0.39, 0.29) is 15.5 Å². The number of halogens is 5. The molecule has 0 bridgehead atoms. The van der Waals surface area contributed by atoms with Crippen molar-refractivity contribution in [3.63, 3.8) is 0 Å². The highest BCUT2D eigenvalue weighted by molar-refractivity contribution is 9.10. The minimum absolute atomic E-state index is 0.100. The molecule has 8 heteroatoms. The molecule has 2 nitrogen and oxygen atoms in total. The Morgan fingerprint density at radius 2 is 2.05 bits per heavy atom. The fraction of sp³-hybridized carbons (Fsp3) is 0.0909. The van der Waals surface area contributed by atoms with E-state index in [0.717, 1.165) is 6.20 Å². The summed E-state index contributed by atoms with van der Waals surface area (Å²) < 4.78 is 37.9. The summed E-state index contributed by atoms with van der Waals surface area (Å²) in [6.07, 6.45) is -3.64. The topological polar surface area (TPSA) is 30.0 Å². The van der Waals surface area contributed by atoms with Crippen molar-refractivity contribution in [3.8, 4) is 0 Å². The number of carbonyl (C=O) groups excluding carboxylic acids is 1. The molecular weight excluding hydrogens is 367 g/mol. The number of hydrogen-bond donors (Lipinski definition) is 0. The smallest absolute Gasteiger partial charge is 0.288 e. The first-order chi connectivity index (χ1) is 8.79. The second-order valence-electron chi connectivity index (χ2n) is 3.48. The van der Waals surface area contributed by atoms with Crippen molar-refractivity contribution >= 4 is 44.7 Å². The molecule has 19 heavy (non-hydrogen) atoms. The van der Waals surface area contributed by atoms with Crippen molar-refractivity contribution in [1.82, 2.24) is 4.98 Å². The molecule has 0 fully saturated rings. The van der Waals surface area contributed by atoms with Crippen molar-refractivity contribution in [2.24, 2.45) is 0 Å². The summed E-state index contributed by atoms with van der Waals surface area (Å²) in [5.74, 6) is -0.578. The summed E-state index contributed by atoms with van der Waals surface area (Å²) in [7, 11) is 0. The lowest BCUT2D eigenvalue weighted by Gasteiger charge is -2.02. The van der Waals surface area contributed by atoms with Crippen LogP contribution in [0.2, 0.25) is 5.02 Å². The summed E-state index contributed by atoms with van der Waals surface area (Å²) in [5.41, 5.74) is 0.141. The number of carbonyl (C=O) groups is 1. The third-order valence-corrected chi connectivity index (χ3v) is 3.99. The van der Waals surface area contributed by atoms with Crippen LogP contribution in [0.4, 0.5) is 13.2 Å². The average molecular weight is 371 g/mol. The fourth-order valence-electron chi connectivity index (χ4n) is 1.32. The number of rotatable bonds is 2. The van der Waals surface area contributed by atoms with Crippen molar-refractivity contribution in [1.29, 1.82) is 0 Å². The summed E-state index contributed by atoms with van der Waals surface area (Å²) in [4.78, 5) is 15.1. The van der Waals surface area contributed by atoms with Gasteiger partial charge in [-0.25, -0.2) is 4.98 Å². The molecule has 0 aliphatic heterocycles. The van der Waals surface area contributed by atoms with Gasteiger partial charge in [-0.3, -0.25) is 4.79 Å². The van der Waals surface area contributed by atoms with Gasteiger partial charge in [0.05, 0.1) is 9.90 Å². The molecule has 0 aliphatic rings. The lowest BCUT2D eigenvalue weighted by molar-refractivity contribution is -0.137. The standard InChI is InChI=1S/C11H4BrClF3NOS/c12-5-1-2-6(7(13)3-5)9(18)8-4-17-10(19-8)11(14,15)16/h1-4H. The van der Waals surface area contributed by atoms with Crippen LogP contribution in [0.5, 0.6) is 0 Å². The molecule has 0 unspecified atom stereocenters. The molecule has 0 amide bonds. The molecule has 0 spiro atoms. The van der Waals surface area contributed by atoms with E-state index in [0.29, 0.717) is 15.8 Å². The molecule has 1 heterocycles. The van der Waals surface area contributed by atoms with E-state index in [2.05, 4.69) is 20.9 Å². The highest BCUT2D eigenvalue weighted by Gasteiger charge is 2.35. The maximum atomic E-state index is 12.4. The number of hydrogen-bond acceptors (Lipinski definition) is 3. The van der Waals surface area contributed by atoms with Gasteiger partial charge in [-0.2, -0.15) is 13.2 Å². The predicted molar refractivity (Wildman–Crippen MR) is 69.7 cm³/mol. The predicted octanol–water partition coefficient (Wildman–Crippen LogP) is 4.81. The first kappa shape index (κ1) is 14.5. The van der Waals surface area contributed by atoms with E-state index in [1.165, 1.54) is 12.1 Å². The molecule has 2 aromatic rings. The van der Waals surface area contributed by atoms with Crippen LogP contribution in [0.1, 0.15) is 20.2 Å². The second-order valence-corrected chi connectivity index (χ2v) is 5.83.